The number of aromatic nitrogens is 2. The Labute approximate surface area is 262 Å². The number of fused-ring (bicyclic) bond motifs is 1. The lowest BCUT2D eigenvalue weighted by Gasteiger charge is -2.23. The van der Waals surface area contributed by atoms with E-state index in [0.717, 1.165) is 44.6 Å². The van der Waals surface area contributed by atoms with Crippen LogP contribution in [0.5, 0.6) is 5.75 Å². The van der Waals surface area contributed by atoms with Crippen molar-refractivity contribution >= 4 is 34.2 Å². The first-order chi connectivity index (χ1) is 22.5. The molecular weight excluding hydrogens is 623 g/mol. The highest BCUT2D eigenvalue weighted by Crippen LogP contribution is 2.39. The van der Waals surface area contributed by atoms with Gasteiger partial charge >= 0.3 is 5.97 Å². The number of nitrogens with zero attached hydrogens (tertiary/aromatic N) is 4. The maximum absolute atomic E-state index is 14.1. The van der Waals surface area contributed by atoms with E-state index in [1.54, 1.807) is 4.90 Å². The number of anilines is 1. The van der Waals surface area contributed by atoms with Crippen LogP contribution in [0.25, 0.3) is 10.9 Å². The molecule has 0 N–H and O–H groups in total. The molecule has 47 heavy (non-hydrogen) atoms. The molecule has 2 aliphatic heterocycles. The van der Waals surface area contributed by atoms with Gasteiger partial charge in [0.1, 0.15) is 5.82 Å². The number of hydrogen-bond donors (Lipinski definition) is 0. The third kappa shape index (κ3) is 4.68. The molecule has 0 saturated heterocycles. The SMILES string of the molecule is Cc1cc2c3c(c1)C(c1ccccc1)=NC(n1c(C)nc4cc(C(=O)Oc5c(F)c(F)c(F)c(F)c5F)ccc4c1=O)C(=O)N3CC2. The monoisotopic (exact) mass is 644 g/mol. The van der Waals surface area contributed by atoms with E-state index < -0.39 is 64.0 Å². The average molecular weight is 645 g/mol. The molecule has 13 heteroatoms. The molecule has 1 atom stereocenters. The summed E-state index contributed by atoms with van der Waals surface area (Å²) in [5, 5.41) is -0.0349. The van der Waals surface area contributed by atoms with Gasteiger partial charge in [-0.1, -0.05) is 42.0 Å². The van der Waals surface area contributed by atoms with Crippen LogP contribution in [0.4, 0.5) is 27.6 Å². The van der Waals surface area contributed by atoms with Gasteiger partial charge in [-0.25, -0.2) is 27.9 Å². The highest BCUT2D eigenvalue weighted by atomic mass is 19.2. The Balaban J connectivity index is 1.33. The molecular formula is C34H21F5N4O4. The van der Waals surface area contributed by atoms with Crippen LogP contribution >= 0.6 is 0 Å². The fraction of sp³-hybridized carbons (Fsp3) is 0.147. The third-order valence-corrected chi connectivity index (χ3v) is 8.17. The normalized spacial score (nSPS) is 15.5. The van der Waals surface area contributed by atoms with Gasteiger partial charge in [-0.2, -0.15) is 8.78 Å². The Bertz CT molecular complexity index is 2260. The zero-order chi connectivity index (χ0) is 33.3. The molecule has 0 aliphatic carbocycles. The van der Waals surface area contributed by atoms with Crippen molar-refractivity contribution in [2.24, 2.45) is 4.99 Å². The highest BCUT2D eigenvalue weighted by Gasteiger charge is 2.39. The Morgan fingerprint density at radius 1 is 0.872 bits per heavy atom. The molecule has 0 saturated carbocycles. The Hall–Kier alpha value is -5.72. The molecule has 0 bridgehead atoms. The van der Waals surface area contributed by atoms with Gasteiger partial charge in [0.05, 0.1) is 27.9 Å². The molecule has 1 amide bonds. The number of esters is 1. The molecule has 0 radical (unpaired) electrons. The number of aliphatic imine (C=N–C) groups is 1. The lowest BCUT2D eigenvalue weighted by atomic mass is 9.96. The molecule has 2 aliphatic rings. The first-order valence-electron chi connectivity index (χ1n) is 14.3. The minimum atomic E-state index is -2.40. The summed E-state index contributed by atoms with van der Waals surface area (Å²) < 4.78 is 74.6. The van der Waals surface area contributed by atoms with Gasteiger partial charge in [0.2, 0.25) is 41.0 Å². The van der Waals surface area contributed by atoms with Gasteiger partial charge < -0.3 is 9.64 Å². The molecule has 236 valence electrons. The molecule has 7 rings (SSSR count). The van der Waals surface area contributed by atoms with Gasteiger partial charge in [-0.05, 0) is 50.1 Å². The van der Waals surface area contributed by atoms with Crippen molar-refractivity contribution in [1.82, 2.24) is 9.55 Å². The number of amides is 1. The van der Waals surface area contributed by atoms with Crippen molar-refractivity contribution in [1.29, 1.82) is 0 Å². The fourth-order valence-corrected chi connectivity index (χ4v) is 6.04. The first-order valence-corrected chi connectivity index (χ1v) is 14.3. The number of carbonyl (C=O) groups is 2. The molecule has 0 spiro atoms. The van der Waals surface area contributed by atoms with Gasteiger partial charge in [-0.15, -0.1) is 0 Å². The Morgan fingerprint density at radius 3 is 2.26 bits per heavy atom. The first kappa shape index (κ1) is 30.0. The van der Waals surface area contributed by atoms with Gasteiger partial charge in [0.25, 0.3) is 11.5 Å². The summed E-state index contributed by atoms with van der Waals surface area (Å²) in [4.78, 5) is 51.8. The topological polar surface area (TPSA) is 93.9 Å². The van der Waals surface area contributed by atoms with E-state index in [1.807, 2.05) is 49.4 Å². The number of rotatable bonds is 4. The summed E-state index contributed by atoms with van der Waals surface area (Å²) in [5.74, 6) is -15.2. The number of halogens is 5. The molecule has 0 fully saturated rings. The Kier molecular flexibility index (Phi) is 6.99. The predicted molar refractivity (Wildman–Crippen MR) is 160 cm³/mol. The van der Waals surface area contributed by atoms with Crippen LogP contribution in [0.2, 0.25) is 0 Å². The standard InChI is InChI=1S/C34H21F5N4O4/c1-15-12-18-10-11-42-29(18)21(13-15)28(17-6-4-3-5-7-17)41-31(33(42)45)43-16(2)40-22-14-19(8-9-20(22)32(43)44)34(46)47-30-26(38)24(36)23(35)25(37)27(30)39/h3-9,12-14,31H,10-11H2,1-2H3. The van der Waals surface area contributed by atoms with Crippen LogP contribution < -0.4 is 15.2 Å². The second-order valence-corrected chi connectivity index (χ2v) is 11.1. The lowest BCUT2D eigenvalue weighted by molar-refractivity contribution is -0.121. The smallest absolute Gasteiger partial charge is 0.343 e. The van der Waals surface area contributed by atoms with Gasteiger partial charge in [0, 0.05) is 17.7 Å². The van der Waals surface area contributed by atoms with Crippen molar-refractivity contribution in [3.05, 3.63) is 134 Å². The van der Waals surface area contributed by atoms with Crippen molar-refractivity contribution in [3.63, 3.8) is 0 Å². The van der Waals surface area contributed by atoms with Crippen molar-refractivity contribution in [2.75, 3.05) is 11.4 Å². The van der Waals surface area contributed by atoms with Crippen LogP contribution in [-0.2, 0) is 11.2 Å². The largest absolute Gasteiger partial charge is 0.416 e. The maximum atomic E-state index is 14.1. The van der Waals surface area contributed by atoms with E-state index in [1.165, 1.54) is 13.0 Å². The van der Waals surface area contributed by atoms with Crippen LogP contribution in [0.1, 0.15) is 44.6 Å². The summed E-state index contributed by atoms with van der Waals surface area (Å²) in [6, 6.07) is 16.6. The summed E-state index contributed by atoms with van der Waals surface area (Å²) in [7, 11) is 0. The van der Waals surface area contributed by atoms with Crippen LogP contribution in [-0.4, -0.2) is 33.7 Å². The maximum Gasteiger partial charge on any atom is 0.343 e. The molecule has 5 aromatic rings. The summed E-state index contributed by atoms with van der Waals surface area (Å²) in [6.45, 7) is 3.83. The van der Waals surface area contributed by atoms with E-state index in [4.69, 9.17) is 4.99 Å². The second kappa shape index (κ2) is 11.0. The Morgan fingerprint density at radius 2 is 1.55 bits per heavy atom. The van der Waals surface area contributed by atoms with E-state index in [0.29, 0.717) is 18.7 Å². The number of benzene rings is 4. The van der Waals surface area contributed by atoms with Gasteiger partial charge in [-0.3, -0.25) is 14.2 Å². The van der Waals surface area contributed by atoms with Crippen molar-refractivity contribution in [2.45, 2.75) is 26.4 Å². The van der Waals surface area contributed by atoms with E-state index in [-0.39, 0.29) is 16.7 Å². The predicted octanol–water partition coefficient (Wildman–Crippen LogP) is 5.87. The number of aryl methyl sites for hydroxylation is 2. The summed E-state index contributed by atoms with van der Waals surface area (Å²) in [6.07, 6.45) is -0.717. The lowest BCUT2D eigenvalue weighted by Crippen LogP contribution is -2.39. The third-order valence-electron chi connectivity index (χ3n) is 8.17. The summed E-state index contributed by atoms with van der Waals surface area (Å²) in [5.41, 5.74) is 3.63. The minimum absolute atomic E-state index is 0.0349. The molecule has 1 unspecified atom stereocenters. The fourth-order valence-electron chi connectivity index (χ4n) is 6.04. The van der Waals surface area contributed by atoms with Crippen molar-refractivity contribution < 1.29 is 36.3 Å². The second-order valence-electron chi connectivity index (χ2n) is 11.1. The molecule has 3 heterocycles. The minimum Gasteiger partial charge on any atom is -0.416 e. The average Bonchev–Trinajstić information content (AvgIpc) is 3.44. The number of hydrogen-bond acceptors (Lipinski definition) is 6. The van der Waals surface area contributed by atoms with Crippen LogP contribution in [0, 0.1) is 42.9 Å². The van der Waals surface area contributed by atoms with E-state index >= 15 is 0 Å². The summed E-state index contributed by atoms with van der Waals surface area (Å²) >= 11 is 0. The van der Waals surface area contributed by atoms with Crippen LogP contribution in [0.3, 0.4) is 0 Å². The molecule has 4 aromatic carbocycles. The number of carbonyl (C=O) groups excluding carboxylic acids is 2. The van der Waals surface area contributed by atoms with Crippen molar-refractivity contribution in [3.8, 4) is 5.75 Å². The van der Waals surface area contributed by atoms with E-state index in [2.05, 4.69) is 9.72 Å². The van der Waals surface area contributed by atoms with Crippen LogP contribution in [0.15, 0.2) is 70.5 Å². The van der Waals surface area contributed by atoms with Gasteiger partial charge in [0.15, 0.2) is 0 Å². The molecule has 1 aromatic heterocycles. The van der Waals surface area contributed by atoms with E-state index in [9.17, 15) is 36.3 Å². The quantitative estimate of drug-likeness (QED) is 0.0803. The molecule has 8 nitrogen and oxygen atoms in total. The zero-order valence-electron chi connectivity index (χ0n) is 24.6. The highest BCUT2D eigenvalue weighted by molar-refractivity contribution is 6.20. The number of ether oxygens (including phenoxy) is 1. The zero-order valence-corrected chi connectivity index (χ0v) is 24.6.